The van der Waals surface area contributed by atoms with Gasteiger partial charge >= 0.3 is 11.9 Å². The van der Waals surface area contributed by atoms with Gasteiger partial charge in [-0.05, 0) is 17.7 Å². The third-order valence-electron chi connectivity index (χ3n) is 4.58. The molecular weight excluding hydrogens is 374 g/mol. The van der Waals surface area contributed by atoms with Crippen LogP contribution in [0.3, 0.4) is 0 Å². The Labute approximate surface area is 166 Å². The van der Waals surface area contributed by atoms with Gasteiger partial charge in [-0.3, -0.25) is 19.2 Å². The molecule has 2 heterocycles. The van der Waals surface area contributed by atoms with Crippen molar-refractivity contribution in [3.8, 4) is 11.1 Å². The van der Waals surface area contributed by atoms with Crippen LogP contribution < -0.4 is 0 Å². The van der Waals surface area contributed by atoms with E-state index in [2.05, 4.69) is 0 Å². The Morgan fingerprint density at radius 3 is 1.93 bits per heavy atom. The second-order valence-corrected chi connectivity index (χ2v) is 6.55. The summed E-state index contributed by atoms with van der Waals surface area (Å²) in [6, 6.07) is 14.0. The number of aliphatic carboxylic acids is 2. The first-order chi connectivity index (χ1) is 13.9. The van der Waals surface area contributed by atoms with Crippen molar-refractivity contribution >= 4 is 29.0 Å². The number of fused-ring (bicyclic) bond motifs is 1. The molecule has 7 heteroatoms. The van der Waals surface area contributed by atoms with Crippen LogP contribution in [0.4, 0.5) is 0 Å². The quantitative estimate of drug-likeness (QED) is 0.536. The third kappa shape index (κ3) is 4.24. The predicted octanol–water partition coefficient (Wildman–Crippen LogP) is 3.70. The first-order valence-corrected chi connectivity index (χ1v) is 9.08. The highest BCUT2D eigenvalue weighted by atomic mass is 16.4. The number of Topliss-reactive ketones (excluding diaryl/α,β-unsaturated/α-hetero) is 2. The fourth-order valence-electron chi connectivity index (χ4n) is 3.33. The van der Waals surface area contributed by atoms with E-state index in [-0.39, 0.29) is 42.7 Å². The normalized spacial score (nSPS) is 10.8. The molecule has 0 radical (unpaired) electrons. The molecule has 0 bridgehead atoms. The molecule has 0 aliphatic carbocycles. The van der Waals surface area contributed by atoms with Gasteiger partial charge in [0.2, 0.25) is 0 Å². The van der Waals surface area contributed by atoms with E-state index in [9.17, 15) is 19.2 Å². The Hall–Kier alpha value is -3.74. The average molecular weight is 393 g/mol. The lowest BCUT2D eigenvalue weighted by Gasteiger charge is -2.07. The van der Waals surface area contributed by atoms with Crippen molar-refractivity contribution < 1.29 is 29.4 Å². The molecule has 3 aromatic rings. The lowest BCUT2D eigenvalue weighted by molar-refractivity contribution is -0.137. The number of carboxylic acid groups (broad SMARTS) is 2. The molecule has 0 amide bonds. The van der Waals surface area contributed by atoms with Gasteiger partial charge in [0, 0.05) is 24.6 Å². The summed E-state index contributed by atoms with van der Waals surface area (Å²) in [6.07, 6.45) is 0.587. The molecule has 0 unspecified atom stereocenters. The minimum absolute atomic E-state index is 0.202. The van der Waals surface area contributed by atoms with Gasteiger partial charge in [0.15, 0.2) is 11.6 Å². The van der Waals surface area contributed by atoms with Crippen molar-refractivity contribution in [2.45, 2.75) is 25.7 Å². The summed E-state index contributed by atoms with van der Waals surface area (Å²) in [6.45, 7) is 0. The van der Waals surface area contributed by atoms with E-state index in [1.165, 1.54) is 0 Å². The first kappa shape index (κ1) is 20.0. The summed E-state index contributed by atoms with van der Waals surface area (Å²) >= 11 is 0. The van der Waals surface area contributed by atoms with E-state index in [0.717, 1.165) is 0 Å². The molecule has 7 nitrogen and oxygen atoms in total. The van der Waals surface area contributed by atoms with Crippen molar-refractivity contribution in [1.29, 1.82) is 0 Å². The van der Waals surface area contributed by atoms with Crippen LogP contribution >= 0.6 is 0 Å². The molecule has 3 rings (SSSR count). The SMILES string of the molecule is O=C(O)CCC(=O)c1c(-c2ccccc2)c(C(=O)CCC(=O)O)n2ccccc12. The second kappa shape index (κ2) is 8.52. The number of carbonyl (C=O) groups excluding carboxylic acids is 2. The Morgan fingerprint density at radius 2 is 1.31 bits per heavy atom. The Balaban J connectivity index is 2.25. The number of carbonyl (C=O) groups is 4. The molecule has 0 saturated heterocycles. The number of aromatic nitrogens is 1. The van der Waals surface area contributed by atoms with Gasteiger partial charge in [0.05, 0.1) is 29.6 Å². The van der Waals surface area contributed by atoms with Crippen LogP contribution in [0.5, 0.6) is 0 Å². The van der Waals surface area contributed by atoms with Crippen molar-refractivity contribution in [3.05, 3.63) is 66.0 Å². The number of hydrogen-bond donors (Lipinski definition) is 2. The van der Waals surface area contributed by atoms with Gasteiger partial charge in [-0.1, -0.05) is 36.4 Å². The Morgan fingerprint density at radius 1 is 0.724 bits per heavy atom. The molecule has 148 valence electrons. The number of ketones is 2. The molecule has 29 heavy (non-hydrogen) atoms. The molecule has 0 atom stereocenters. The van der Waals surface area contributed by atoms with E-state index in [4.69, 9.17) is 10.2 Å². The maximum atomic E-state index is 13.0. The maximum Gasteiger partial charge on any atom is 0.303 e. The second-order valence-electron chi connectivity index (χ2n) is 6.55. The summed E-state index contributed by atoms with van der Waals surface area (Å²) in [5, 5.41) is 17.9. The summed E-state index contributed by atoms with van der Waals surface area (Å²) in [5.74, 6) is -2.95. The minimum Gasteiger partial charge on any atom is -0.481 e. The van der Waals surface area contributed by atoms with E-state index in [0.29, 0.717) is 16.6 Å². The lowest BCUT2D eigenvalue weighted by Crippen LogP contribution is -2.08. The van der Waals surface area contributed by atoms with Crippen LogP contribution in [-0.4, -0.2) is 38.1 Å². The molecule has 2 N–H and O–H groups in total. The minimum atomic E-state index is -1.08. The number of rotatable bonds is 9. The molecule has 0 fully saturated rings. The number of nitrogens with zero attached hydrogens (tertiary/aromatic N) is 1. The summed E-state index contributed by atoms with van der Waals surface area (Å²) < 4.78 is 1.58. The first-order valence-electron chi connectivity index (χ1n) is 9.08. The van der Waals surface area contributed by atoms with E-state index in [1.54, 1.807) is 59.1 Å². The maximum absolute atomic E-state index is 13.0. The molecule has 2 aromatic heterocycles. The molecular formula is C22H19NO6. The standard InChI is InChI=1S/C22H19NO6/c24-16(9-11-18(26)27)21-15-8-4-5-13-23(15)22(17(25)10-12-19(28)29)20(21)14-6-2-1-3-7-14/h1-8,13H,9-12H2,(H,26,27)(H,28,29). The number of pyridine rings is 1. The zero-order valence-corrected chi connectivity index (χ0v) is 15.5. The highest BCUT2D eigenvalue weighted by molar-refractivity contribution is 6.15. The average Bonchev–Trinajstić information content (AvgIpc) is 3.06. The molecule has 1 aromatic carbocycles. The summed E-state index contributed by atoms with van der Waals surface area (Å²) in [4.78, 5) is 47.8. The van der Waals surface area contributed by atoms with Crippen LogP contribution in [0, 0.1) is 0 Å². The summed E-state index contributed by atoms with van der Waals surface area (Å²) in [5.41, 5.74) is 2.03. The van der Waals surface area contributed by atoms with Crippen LogP contribution in [0.2, 0.25) is 0 Å². The van der Waals surface area contributed by atoms with Crippen LogP contribution in [0.15, 0.2) is 54.7 Å². The highest BCUT2D eigenvalue weighted by Gasteiger charge is 2.28. The third-order valence-corrected chi connectivity index (χ3v) is 4.58. The Bertz CT molecular complexity index is 1030. The van der Waals surface area contributed by atoms with E-state index in [1.807, 2.05) is 0 Å². The van der Waals surface area contributed by atoms with E-state index >= 15 is 0 Å². The van der Waals surface area contributed by atoms with Crippen molar-refractivity contribution in [3.63, 3.8) is 0 Å². The monoisotopic (exact) mass is 393 g/mol. The van der Waals surface area contributed by atoms with Gasteiger partial charge < -0.3 is 14.6 Å². The van der Waals surface area contributed by atoms with Crippen LogP contribution in [0.1, 0.15) is 46.5 Å². The lowest BCUT2D eigenvalue weighted by atomic mass is 9.94. The van der Waals surface area contributed by atoms with Crippen LogP contribution in [0.25, 0.3) is 16.6 Å². The highest BCUT2D eigenvalue weighted by Crippen LogP contribution is 2.35. The predicted molar refractivity (Wildman–Crippen MR) is 105 cm³/mol. The largest absolute Gasteiger partial charge is 0.481 e. The van der Waals surface area contributed by atoms with Crippen molar-refractivity contribution in [2.75, 3.05) is 0 Å². The molecule has 0 aliphatic rings. The van der Waals surface area contributed by atoms with Crippen molar-refractivity contribution in [2.24, 2.45) is 0 Å². The zero-order valence-electron chi connectivity index (χ0n) is 15.5. The smallest absolute Gasteiger partial charge is 0.303 e. The Kier molecular flexibility index (Phi) is 5.87. The van der Waals surface area contributed by atoms with Gasteiger partial charge in [0.1, 0.15) is 0 Å². The summed E-state index contributed by atoms with van der Waals surface area (Å²) in [7, 11) is 0. The van der Waals surface area contributed by atoms with Crippen LogP contribution in [-0.2, 0) is 9.59 Å². The fraction of sp³-hybridized carbons (Fsp3) is 0.182. The van der Waals surface area contributed by atoms with Gasteiger partial charge in [0.25, 0.3) is 0 Å². The fourth-order valence-corrected chi connectivity index (χ4v) is 3.33. The number of benzene rings is 1. The number of hydrogen-bond acceptors (Lipinski definition) is 4. The van der Waals surface area contributed by atoms with Gasteiger partial charge in [-0.15, -0.1) is 0 Å². The van der Waals surface area contributed by atoms with Gasteiger partial charge in [-0.2, -0.15) is 0 Å². The number of carboxylic acids is 2. The van der Waals surface area contributed by atoms with Gasteiger partial charge in [-0.25, -0.2) is 0 Å². The molecule has 0 spiro atoms. The van der Waals surface area contributed by atoms with Crippen molar-refractivity contribution in [1.82, 2.24) is 4.40 Å². The molecule has 0 saturated carbocycles. The van der Waals surface area contributed by atoms with E-state index < -0.39 is 17.7 Å². The zero-order chi connectivity index (χ0) is 21.0. The molecule has 0 aliphatic heterocycles. The topological polar surface area (TPSA) is 113 Å².